The van der Waals surface area contributed by atoms with Gasteiger partial charge in [-0.15, -0.1) is 0 Å². The summed E-state index contributed by atoms with van der Waals surface area (Å²) < 4.78 is 51.2. The number of rotatable bonds is 8. The Labute approximate surface area is 261 Å². The molecule has 3 aromatic rings. The molecule has 2 fully saturated rings. The van der Waals surface area contributed by atoms with Crippen molar-refractivity contribution in [3.05, 3.63) is 41.5 Å². The Bertz CT molecular complexity index is 1680. The summed E-state index contributed by atoms with van der Waals surface area (Å²) in [6.45, 7) is -1.72. The van der Waals surface area contributed by atoms with Gasteiger partial charge < -0.3 is 68.2 Å². The molecule has 7 rings (SSSR count). The molecule has 2 saturated heterocycles. The summed E-state index contributed by atoms with van der Waals surface area (Å²) in [4.78, 5) is 13.4. The zero-order chi connectivity index (χ0) is 32.3. The second kappa shape index (κ2) is 11.7. The monoisotopic (exact) mass is 644 g/mol. The van der Waals surface area contributed by atoms with Gasteiger partial charge in [0.2, 0.25) is 13.1 Å². The van der Waals surface area contributed by atoms with Gasteiger partial charge in [0.25, 0.3) is 0 Å². The number of cyclic esters (lactones) is 1. The van der Waals surface area contributed by atoms with Crippen molar-refractivity contribution >= 4 is 16.7 Å². The molecule has 7 atom stereocenters. The summed E-state index contributed by atoms with van der Waals surface area (Å²) in [7, 11) is 2.94. The van der Waals surface area contributed by atoms with Gasteiger partial charge in [-0.3, -0.25) is 0 Å². The lowest BCUT2D eigenvalue weighted by Gasteiger charge is -2.38. The third kappa shape index (κ3) is 4.87. The molecule has 4 aliphatic rings. The van der Waals surface area contributed by atoms with Crippen LogP contribution in [0.5, 0.6) is 28.7 Å². The summed E-state index contributed by atoms with van der Waals surface area (Å²) in [5.74, 6) is 1.30. The molecule has 0 aliphatic carbocycles. The first-order valence-electron chi connectivity index (χ1n) is 14.4. The fourth-order valence-corrected chi connectivity index (χ4v) is 6.13. The summed E-state index contributed by atoms with van der Waals surface area (Å²) >= 11 is 0. The number of fused-ring (bicyclic) bond motifs is 3. The molecule has 246 valence electrons. The Morgan fingerprint density at radius 3 is 2.37 bits per heavy atom. The standard InChI is InChI=1S/C31H32O15/c1-38-19-6-14-15(7-20(19)39-2)26(16-8-40-28(36)23(16)22(14)13-3-4-18-21(5-13)44-12-43-18)45-30-27(31(37,10-32)11-42-30)46-29-25(35)24(34)17(33)9-41-29/h3-7,17,24-25,27,29-30,32-35,37H,8-12H2,1-2H3/t17-,24-,25+,27+,29-,30+,31-/m1/s1. The van der Waals surface area contributed by atoms with Gasteiger partial charge in [0.1, 0.15) is 36.3 Å². The highest BCUT2D eigenvalue weighted by Gasteiger charge is 2.54. The van der Waals surface area contributed by atoms with Crippen molar-refractivity contribution in [1.82, 2.24) is 0 Å². The number of aliphatic hydroxyl groups is 5. The fourth-order valence-electron chi connectivity index (χ4n) is 6.13. The van der Waals surface area contributed by atoms with E-state index >= 15 is 0 Å². The Morgan fingerprint density at radius 1 is 0.891 bits per heavy atom. The van der Waals surface area contributed by atoms with Crippen LogP contribution in [0.15, 0.2) is 30.3 Å². The minimum absolute atomic E-state index is 0.0603. The molecule has 46 heavy (non-hydrogen) atoms. The number of carbonyl (C=O) groups is 1. The van der Waals surface area contributed by atoms with Gasteiger partial charge in [0.15, 0.2) is 35.4 Å². The highest BCUT2D eigenvalue weighted by molar-refractivity contribution is 6.14. The van der Waals surface area contributed by atoms with Crippen LogP contribution in [0, 0.1) is 0 Å². The van der Waals surface area contributed by atoms with Crippen LogP contribution >= 0.6 is 0 Å². The van der Waals surface area contributed by atoms with E-state index in [1.807, 2.05) is 0 Å². The van der Waals surface area contributed by atoms with Crippen molar-refractivity contribution in [2.75, 3.05) is 40.8 Å². The summed E-state index contributed by atoms with van der Waals surface area (Å²) in [6, 6.07) is 8.64. The number of carbonyl (C=O) groups excluding carboxylic acids is 1. The van der Waals surface area contributed by atoms with Crippen molar-refractivity contribution < 1.29 is 73.0 Å². The molecule has 4 aliphatic heterocycles. The summed E-state index contributed by atoms with van der Waals surface area (Å²) in [5, 5.41) is 52.9. The Hall–Kier alpha value is -3.93. The normalized spacial score (nSPS) is 29.9. The van der Waals surface area contributed by atoms with E-state index in [-0.39, 0.29) is 31.3 Å². The molecular formula is C31H32O15. The van der Waals surface area contributed by atoms with Crippen molar-refractivity contribution in [1.29, 1.82) is 0 Å². The lowest BCUT2D eigenvalue weighted by Crippen LogP contribution is -2.58. The van der Waals surface area contributed by atoms with Crippen molar-refractivity contribution in [3.63, 3.8) is 0 Å². The maximum Gasteiger partial charge on any atom is 0.339 e. The molecule has 0 aromatic heterocycles. The molecule has 4 heterocycles. The van der Waals surface area contributed by atoms with E-state index in [1.165, 1.54) is 14.2 Å². The zero-order valence-electron chi connectivity index (χ0n) is 24.7. The van der Waals surface area contributed by atoms with Gasteiger partial charge in [0, 0.05) is 16.5 Å². The smallest absolute Gasteiger partial charge is 0.339 e. The molecule has 0 unspecified atom stereocenters. The fraction of sp³-hybridized carbons (Fsp3) is 0.452. The Balaban J connectivity index is 1.37. The van der Waals surface area contributed by atoms with Gasteiger partial charge in [-0.05, 0) is 35.2 Å². The molecule has 15 heteroatoms. The van der Waals surface area contributed by atoms with E-state index < -0.39 is 61.8 Å². The molecule has 0 saturated carbocycles. The third-order valence-electron chi connectivity index (χ3n) is 8.59. The molecule has 0 radical (unpaired) electrons. The highest BCUT2D eigenvalue weighted by Crippen LogP contribution is 2.50. The van der Waals surface area contributed by atoms with E-state index in [9.17, 15) is 30.3 Å². The highest BCUT2D eigenvalue weighted by atomic mass is 16.8. The summed E-state index contributed by atoms with van der Waals surface area (Å²) in [6.07, 6.45) is -9.06. The van der Waals surface area contributed by atoms with Crippen LogP contribution in [-0.2, 0) is 25.6 Å². The van der Waals surface area contributed by atoms with Gasteiger partial charge in [-0.1, -0.05) is 6.07 Å². The number of hydrogen-bond acceptors (Lipinski definition) is 15. The zero-order valence-corrected chi connectivity index (χ0v) is 24.7. The van der Waals surface area contributed by atoms with Crippen molar-refractivity contribution in [2.24, 2.45) is 0 Å². The first-order valence-corrected chi connectivity index (χ1v) is 14.4. The average molecular weight is 645 g/mol. The van der Waals surface area contributed by atoms with Crippen molar-refractivity contribution in [2.45, 2.75) is 49.2 Å². The number of ether oxygens (including phenoxy) is 9. The van der Waals surface area contributed by atoms with Crippen LogP contribution < -0.4 is 23.7 Å². The molecule has 3 aromatic carbocycles. The largest absolute Gasteiger partial charge is 0.493 e. The van der Waals surface area contributed by atoms with E-state index in [0.717, 1.165) is 0 Å². The van der Waals surface area contributed by atoms with Crippen LogP contribution in [0.4, 0.5) is 0 Å². The predicted octanol–water partition coefficient (Wildman–Crippen LogP) is 0.206. The number of methoxy groups -OCH3 is 2. The minimum Gasteiger partial charge on any atom is -0.493 e. The van der Waals surface area contributed by atoms with Crippen LogP contribution in [0.2, 0.25) is 0 Å². The van der Waals surface area contributed by atoms with Gasteiger partial charge >= 0.3 is 5.97 Å². The summed E-state index contributed by atoms with van der Waals surface area (Å²) in [5.41, 5.74) is -0.304. The topological polar surface area (TPSA) is 201 Å². The quantitative estimate of drug-likeness (QED) is 0.208. The van der Waals surface area contributed by atoms with Gasteiger partial charge in [-0.25, -0.2) is 4.79 Å². The number of aliphatic hydroxyl groups excluding tert-OH is 4. The number of hydrogen-bond donors (Lipinski definition) is 5. The molecule has 0 amide bonds. The molecule has 5 N–H and O–H groups in total. The lowest BCUT2D eigenvalue weighted by atomic mass is 9.89. The van der Waals surface area contributed by atoms with E-state index in [4.69, 9.17) is 42.6 Å². The molecule has 0 spiro atoms. The van der Waals surface area contributed by atoms with Gasteiger partial charge in [-0.2, -0.15) is 0 Å². The molecule has 15 nitrogen and oxygen atoms in total. The molecule has 0 bridgehead atoms. The van der Waals surface area contributed by atoms with Crippen LogP contribution in [-0.4, -0.2) is 115 Å². The second-order valence-electron chi connectivity index (χ2n) is 11.3. The number of esters is 1. The Morgan fingerprint density at radius 2 is 1.63 bits per heavy atom. The van der Waals surface area contributed by atoms with Gasteiger partial charge in [0.05, 0.1) is 39.6 Å². The lowest BCUT2D eigenvalue weighted by molar-refractivity contribution is -0.306. The average Bonchev–Trinajstić information content (AvgIpc) is 3.78. The Kier molecular flexibility index (Phi) is 7.81. The predicted molar refractivity (Wildman–Crippen MR) is 153 cm³/mol. The maximum absolute atomic E-state index is 13.4. The van der Waals surface area contributed by atoms with Crippen LogP contribution in [0.1, 0.15) is 15.9 Å². The van der Waals surface area contributed by atoms with Crippen LogP contribution in [0.3, 0.4) is 0 Å². The van der Waals surface area contributed by atoms with E-state index in [0.29, 0.717) is 50.5 Å². The van der Waals surface area contributed by atoms with Crippen LogP contribution in [0.25, 0.3) is 21.9 Å². The number of benzene rings is 3. The second-order valence-corrected chi connectivity index (χ2v) is 11.3. The SMILES string of the molecule is COc1cc2c(O[C@@H]3OC[C@](O)(CO)[C@H]3O[C@H]3OC[C@@H](O)[C@@H](O)[C@@H]3O)c3c(c(-c4ccc5c(c4)OCO5)c2cc1OC)C(=O)OC3. The first-order chi connectivity index (χ1) is 22.2. The third-order valence-corrected chi connectivity index (χ3v) is 8.59. The van der Waals surface area contributed by atoms with E-state index in [1.54, 1.807) is 30.3 Å². The first kappa shape index (κ1) is 30.7. The minimum atomic E-state index is -2.02. The van der Waals surface area contributed by atoms with Crippen molar-refractivity contribution in [3.8, 4) is 39.9 Å². The van der Waals surface area contributed by atoms with E-state index in [2.05, 4.69) is 0 Å². The molecular weight excluding hydrogens is 612 g/mol. The maximum atomic E-state index is 13.4.